The van der Waals surface area contributed by atoms with Gasteiger partial charge < -0.3 is 26.6 Å². The van der Waals surface area contributed by atoms with E-state index in [9.17, 15) is 14.4 Å². The molecule has 2 aliphatic rings. The molecule has 2 heterocycles. The molecule has 11 heteroatoms. The summed E-state index contributed by atoms with van der Waals surface area (Å²) in [7, 11) is 0. The second-order valence-electron chi connectivity index (χ2n) is 11.1. The molecule has 3 unspecified atom stereocenters. The van der Waals surface area contributed by atoms with Crippen molar-refractivity contribution in [2.75, 3.05) is 31.5 Å². The average Bonchev–Trinajstić information content (AvgIpc) is 3.28. The Hall–Kier alpha value is -3.28. The number of rotatable bonds is 7. The molecule has 0 bridgehead atoms. The number of urea groups is 1. The van der Waals surface area contributed by atoms with Crippen molar-refractivity contribution in [3.8, 4) is 5.69 Å². The highest BCUT2D eigenvalue weighted by Gasteiger charge is 2.31. The lowest BCUT2D eigenvalue weighted by Crippen LogP contribution is -2.58. The summed E-state index contributed by atoms with van der Waals surface area (Å²) in [5.41, 5.74) is 12.4. The number of hydrogen-bond donors (Lipinski definition) is 4. The van der Waals surface area contributed by atoms with Gasteiger partial charge in [0, 0.05) is 50.5 Å². The maximum Gasteiger partial charge on any atom is 0.354 e. The minimum absolute atomic E-state index is 0.142. The van der Waals surface area contributed by atoms with Crippen molar-refractivity contribution in [3.05, 3.63) is 52.6 Å². The Morgan fingerprint density at radius 2 is 1.74 bits per heavy atom. The second-order valence-corrected chi connectivity index (χ2v) is 11.1. The van der Waals surface area contributed by atoms with Gasteiger partial charge in [-0.25, -0.2) is 9.59 Å². The van der Waals surface area contributed by atoms with Crippen LogP contribution in [0.2, 0.25) is 0 Å². The molecule has 1 aliphatic heterocycles. The van der Waals surface area contributed by atoms with Crippen LogP contribution >= 0.6 is 0 Å². The molecule has 2 aromatic rings. The number of carbonyl (C=O) groups is 2. The van der Waals surface area contributed by atoms with Crippen molar-refractivity contribution in [1.82, 2.24) is 24.7 Å². The second kappa shape index (κ2) is 11.6. The van der Waals surface area contributed by atoms with Gasteiger partial charge in [-0.05, 0) is 70.2 Å². The van der Waals surface area contributed by atoms with Gasteiger partial charge in [0.05, 0.1) is 11.2 Å². The maximum atomic E-state index is 12.7. The van der Waals surface area contributed by atoms with Crippen LogP contribution < -0.4 is 27.8 Å². The van der Waals surface area contributed by atoms with Crippen LogP contribution in [0, 0.1) is 0 Å². The maximum absolute atomic E-state index is 12.7. The van der Waals surface area contributed by atoms with E-state index in [1.165, 1.54) is 10.1 Å². The van der Waals surface area contributed by atoms with Gasteiger partial charge in [-0.15, -0.1) is 0 Å². The summed E-state index contributed by atoms with van der Waals surface area (Å²) in [5.74, 6) is 0.0392. The molecule has 2 fully saturated rings. The van der Waals surface area contributed by atoms with Crippen molar-refractivity contribution in [1.29, 1.82) is 0 Å². The van der Waals surface area contributed by atoms with E-state index < -0.39 is 11.2 Å². The van der Waals surface area contributed by atoms with E-state index in [1.54, 1.807) is 35.9 Å². The van der Waals surface area contributed by atoms with Gasteiger partial charge in [0.25, 0.3) is 0 Å². The minimum atomic E-state index is -0.946. The first-order chi connectivity index (χ1) is 18.0. The number of benzene rings is 1. The van der Waals surface area contributed by atoms with E-state index in [0.29, 0.717) is 50.0 Å². The van der Waals surface area contributed by atoms with Crippen LogP contribution in [-0.4, -0.2) is 81.1 Å². The van der Waals surface area contributed by atoms with Gasteiger partial charge in [-0.3, -0.25) is 14.7 Å². The molecule has 1 saturated carbocycles. The summed E-state index contributed by atoms with van der Waals surface area (Å²) < 4.78 is 1.44. The van der Waals surface area contributed by atoms with Gasteiger partial charge in [-0.1, -0.05) is 12.1 Å². The van der Waals surface area contributed by atoms with Crippen LogP contribution in [0.1, 0.15) is 45.6 Å². The number of piperazine rings is 1. The lowest BCUT2D eigenvalue weighted by atomic mass is 10.1. The third-order valence-electron chi connectivity index (χ3n) is 7.19. The van der Waals surface area contributed by atoms with E-state index in [2.05, 4.69) is 22.5 Å². The highest BCUT2D eigenvalue weighted by Crippen LogP contribution is 2.19. The number of nitrogens with zero attached hydrogens (tertiary/aromatic N) is 4. The molecule has 1 aromatic heterocycles. The number of amides is 3. The molecular formula is C27H40N8O3. The Balaban J connectivity index is 1.30. The molecule has 4 rings (SSSR count). The Bertz CT molecular complexity index is 1180. The monoisotopic (exact) mass is 524 g/mol. The van der Waals surface area contributed by atoms with E-state index in [-0.39, 0.29) is 17.8 Å². The lowest BCUT2D eigenvalue weighted by molar-refractivity contribution is -0.137. The molecule has 6 N–H and O–H groups in total. The molecule has 206 valence electrons. The first kappa shape index (κ1) is 27.7. The molecule has 0 spiro atoms. The largest absolute Gasteiger partial charge is 0.354 e. The van der Waals surface area contributed by atoms with Crippen molar-refractivity contribution in [2.24, 2.45) is 11.5 Å². The molecule has 1 aromatic carbocycles. The molecule has 0 radical (unpaired) electrons. The molecule has 1 saturated heterocycles. The summed E-state index contributed by atoms with van der Waals surface area (Å²) in [6, 6.07) is 10.2. The Kier molecular flexibility index (Phi) is 8.49. The van der Waals surface area contributed by atoms with Gasteiger partial charge in [0.2, 0.25) is 5.91 Å². The fourth-order valence-electron chi connectivity index (χ4n) is 5.15. The van der Waals surface area contributed by atoms with E-state index in [1.807, 2.05) is 24.3 Å². The molecule has 1 aliphatic carbocycles. The number of aromatic nitrogens is 2. The third kappa shape index (κ3) is 6.97. The molecular weight excluding hydrogens is 484 g/mol. The molecule has 38 heavy (non-hydrogen) atoms. The minimum Gasteiger partial charge on any atom is -0.338 e. The van der Waals surface area contributed by atoms with Crippen LogP contribution in [0.25, 0.3) is 5.69 Å². The van der Waals surface area contributed by atoms with Gasteiger partial charge in [0.15, 0.2) is 0 Å². The predicted molar refractivity (Wildman–Crippen MR) is 147 cm³/mol. The van der Waals surface area contributed by atoms with Crippen molar-refractivity contribution < 1.29 is 9.59 Å². The van der Waals surface area contributed by atoms with E-state index >= 15 is 0 Å². The summed E-state index contributed by atoms with van der Waals surface area (Å²) in [6.45, 7) is 7.08. The Morgan fingerprint density at radius 3 is 2.32 bits per heavy atom. The fraction of sp³-hybridized carbons (Fsp3) is 0.556. The zero-order valence-electron chi connectivity index (χ0n) is 22.5. The molecule has 11 nitrogen and oxygen atoms in total. The predicted octanol–water partition coefficient (Wildman–Crippen LogP) is 1.05. The summed E-state index contributed by atoms with van der Waals surface area (Å²) >= 11 is 0. The SMILES string of the molecule is CC(Cc1ccc(-n2ccc(NC(=O)N3CCN(C(=O)C(C)(C)N)CC3)nc2=O)cc1)NC1CCC(N)C1. The summed E-state index contributed by atoms with van der Waals surface area (Å²) in [6.07, 6.45) is 5.73. The van der Waals surface area contributed by atoms with Crippen LogP contribution in [0.3, 0.4) is 0 Å². The fourth-order valence-corrected chi connectivity index (χ4v) is 5.15. The molecule has 3 atom stereocenters. The van der Waals surface area contributed by atoms with Crippen molar-refractivity contribution in [2.45, 2.75) is 70.1 Å². The number of nitrogens with one attached hydrogen (secondary N) is 2. The van der Waals surface area contributed by atoms with Gasteiger partial charge in [0.1, 0.15) is 5.82 Å². The zero-order valence-corrected chi connectivity index (χ0v) is 22.5. The summed E-state index contributed by atoms with van der Waals surface area (Å²) in [5, 5.41) is 6.35. The molecule has 3 amide bonds. The highest BCUT2D eigenvalue weighted by molar-refractivity contribution is 5.89. The average molecular weight is 525 g/mol. The van der Waals surface area contributed by atoms with E-state index in [4.69, 9.17) is 11.5 Å². The number of carbonyl (C=O) groups excluding carboxylic acids is 2. The zero-order chi connectivity index (χ0) is 27.4. The lowest BCUT2D eigenvalue weighted by Gasteiger charge is -2.37. The first-order valence-electron chi connectivity index (χ1n) is 13.3. The number of hydrogen-bond acceptors (Lipinski definition) is 7. The topological polar surface area (TPSA) is 152 Å². The smallest absolute Gasteiger partial charge is 0.338 e. The quantitative estimate of drug-likeness (QED) is 0.422. The number of anilines is 1. The van der Waals surface area contributed by atoms with Crippen LogP contribution in [0.4, 0.5) is 10.6 Å². The van der Waals surface area contributed by atoms with Crippen LogP contribution in [0.5, 0.6) is 0 Å². The van der Waals surface area contributed by atoms with E-state index in [0.717, 1.165) is 25.7 Å². The van der Waals surface area contributed by atoms with Gasteiger partial charge >= 0.3 is 11.7 Å². The first-order valence-corrected chi connectivity index (χ1v) is 13.3. The third-order valence-corrected chi connectivity index (χ3v) is 7.19. The normalized spacial score (nSPS) is 20.9. The van der Waals surface area contributed by atoms with Crippen molar-refractivity contribution >= 4 is 17.8 Å². The van der Waals surface area contributed by atoms with Gasteiger partial charge in [-0.2, -0.15) is 4.98 Å². The van der Waals surface area contributed by atoms with Crippen molar-refractivity contribution in [3.63, 3.8) is 0 Å². The Morgan fingerprint density at radius 1 is 1.08 bits per heavy atom. The Labute approximate surface area is 223 Å². The van der Waals surface area contributed by atoms with Crippen LogP contribution in [0.15, 0.2) is 41.3 Å². The number of nitrogens with two attached hydrogens (primary N) is 2. The highest BCUT2D eigenvalue weighted by atomic mass is 16.2. The van der Waals surface area contributed by atoms with Crippen LogP contribution in [-0.2, 0) is 11.2 Å². The standard InChI is InChI=1S/C27H40N8O3/c1-18(30-21-7-6-20(28)17-21)16-19-4-8-22(9-5-19)35-11-10-23(32-26(35)38)31-25(37)34-14-12-33(13-15-34)24(36)27(2,3)29/h4-5,8-11,18,20-21,30H,6-7,12-17,28-29H2,1-3H3,(H,31,32,37,38). The summed E-state index contributed by atoms with van der Waals surface area (Å²) in [4.78, 5) is 45.0.